The van der Waals surface area contributed by atoms with Gasteiger partial charge in [0.2, 0.25) is 0 Å². The summed E-state index contributed by atoms with van der Waals surface area (Å²) >= 11 is 0. The van der Waals surface area contributed by atoms with Crippen LogP contribution in [0.3, 0.4) is 0 Å². The van der Waals surface area contributed by atoms with Crippen molar-refractivity contribution in [2.75, 3.05) is 39.3 Å². The van der Waals surface area contributed by atoms with Gasteiger partial charge in [0.15, 0.2) is 5.96 Å². The molecule has 0 bridgehead atoms. The molecule has 3 heterocycles. The Labute approximate surface area is 181 Å². The van der Waals surface area contributed by atoms with E-state index in [1.54, 1.807) is 6.33 Å². The minimum atomic E-state index is 0.0695. The van der Waals surface area contributed by atoms with Gasteiger partial charge in [0.25, 0.3) is 0 Å². The lowest BCUT2D eigenvalue weighted by molar-refractivity contribution is 0.0194. The number of aryl methyl sites for hydroxylation is 1. The minimum absolute atomic E-state index is 0.0695. The second kappa shape index (κ2) is 11.6. The minimum Gasteiger partial charge on any atom is -0.376 e. The summed E-state index contributed by atoms with van der Waals surface area (Å²) < 4.78 is 7.99. The van der Waals surface area contributed by atoms with E-state index in [4.69, 9.17) is 9.73 Å². The summed E-state index contributed by atoms with van der Waals surface area (Å²) in [6, 6.07) is 0. The molecule has 0 aromatic carbocycles. The molecule has 3 rings (SSSR count). The molecule has 0 radical (unpaired) electrons. The van der Waals surface area contributed by atoms with E-state index in [9.17, 15) is 0 Å². The van der Waals surface area contributed by atoms with E-state index >= 15 is 0 Å². The molecule has 0 aliphatic carbocycles. The van der Waals surface area contributed by atoms with Gasteiger partial charge in [-0.2, -0.15) is 0 Å². The van der Waals surface area contributed by atoms with E-state index in [1.165, 1.54) is 45.2 Å². The lowest BCUT2D eigenvalue weighted by atomic mass is 9.99. The lowest BCUT2D eigenvalue weighted by Gasteiger charge is -2.40. The quantitative estimate of drug-likeness (QED) is 0.472. The van der Waals surface area contributed by atoms with E-state index in [1.807, 2.05) is 0 Å². The summed E-state index contributed by atoms with van der Waals surface area (Å²) in [7, 11) is 0. The van der Waals surface area contributed by atoms with Crippen LogP contribution in [0, 0.1) is 0 Å². The van der Waals surface area contributed by atoms with Crippen LogP contribution in [0.25, 0.3) is 0 Å². The topological polar surface area (TPSA) is 79.6 Å². The van der Waals surface area contributed by atoms with E-state index in [-0.39, 0.29) is 11.6 Å². The number of nitrogens with zero attached hydrogens (tertiary/aromatic N) is 5. The number of piperidine rings is 1. The predicted octanol–water partition coefficient (Wildman–Crippen LogP) is 2.21. The van der Waals surface area contributed by atoms with Crippen molar-refractivity contribution in [1.82, 2.24) is 30.3 Å². The van der Waals surface area contributed by atoms with Crippen LogP contribution in [0.4, 0.5) is 0 Å². The molecular formula is C22H41N7O. The predicted molar refractivity (Wildman–Crippen MR) is 121 cm³/mol. The Balaban J connectivity index is 1.56. The van der Waals surface area contributed by atoms with E-state index in [0.717, 1.165) is 57.4 Å². The van der Waals surface area contributed by atoms with Gasteiger partial charge >= 0.3 is 0 Å². The van der Waals surface area contributed by atoms with Crippen molar-refractivity contribution < 1.29 is 4.74 Å². The summed E-state index contributed by atoms with van der Waals surface area (Å²) in [5.74, 6) is 1.89. The zero-order chi connectivity index (χ0) is 21.2. The van der Waals surface area contributed by atoms with Gasteiger partial charge in [-0.25, -0.2) is 0 Å². The first-order valence-corrected chi connectivity index (χ1v) is 11.8. The molecule has 0 spiro atoms. The fourth-order valence-electron chi connectivity index (χ4n) is 4.26. The Morgan fingerprint density at radius 3 is 2.77 bits per heavy atom. The fraction of sp³-hybridized carbons (Fsp3) is 0.864. The molecular weight excluding hydrogens is 378 g/mol. The van der Waals surface area contributed by atoms with E-state index in [0.29, 0.717) is 0 Å². The zero-order valence-electron chi connectivity index (χ0n) is 19.2. The van der Waals surface area contributed by atoms with Gasteiger partial charge in [0.05, 0.1) is 12.6 Å². The molecule has 2 aliphatic rings. The number of ether oxygens (including phenoxy) is 1. The smallest absolute Gasteiger partial charge is 0.191 e. The number of nitrogens with one attached hydrogen (secondary N) is 2. The zero-order valence-corrected chi connectivity index (χ0v) is 19.2. The van der Waals surface area contributed by atoms with Crippen LogP contribution in [-0.4, -0.2) is 76.6 Å². The van der Waals surface area contributed by atoms with Crippen molar-refractivity contribution in [2.45, 2.75) is 83.9 Å². The Bertz CT molecular complexity index is 646. The van der Waals surface area contributed by atoms with Crippen LogP contribution >= 0.6 is 0 Å². The molecule has 1 unspecified atom stereocenters. The van der Waals surface area contributed by atoms with Crippen LogP contribution in [0.5, 0.6) is 0 Å². The number of rotatable bonds is 9. The molecule has 2 saturated heterocycles. The molecule has 1 aromatic rings. The first-order valence-electron chi connectivity index (χ1n) is 11.8. The normalized spacial score (nSPS) is 21.6. The number of aliphatic imine (C=N–C) groups is 1. The largest absolute Gasteiger partial charge is 0.376 e. The van der Waals surface area contributed by atoms with E-state index in [2.05, 4.69) is 51.1 Å². The monoisotopic (exact) mass is 419 g/mol. The van der Waals surface area contributed by atoms with Crippen LogP contribution in [0.1, 0.15) is 65.1 Å². The Morgan fingerprint density at radius 2 is 2.03 bits per heavy atom. The maximum Gasteiger partial charge on any atom is 0.191 e. The second-order valence-electron chi connectivity index (χ2n) is 9.12. The van der Waals surface area contributed by atoms with Crippen molar-refractivity contribution in [2.24, 2.45) is 4.99 Å². The van der Waals surface area contributed by atoms with Crippen LogP contribution in [-0.2, 0) is 17.7 Å². The summed E-state index contributed by atoms with van der Waals surface area (Å²) in [4.78, 5) is 7.56. The van der Waals surface area contributed by atoms with Crippen LogP contribution < -0.4 is 10.6 Å². The fourth-order valence-corrected chi connectivity index (χ4v) is 4.26. The SMILES string of the molecule is CCc1nncn1CCNC(=NCC(C)(C)N1CCCCC1)NCC1CCCCO1. The van der Waals surface area contributed by atoms with Crippen molar-refractivity contribution in [3.63, 3.8) is 0 Å². The Kier molecular flexibility index (Phi) is 8.93. The number of hydrogen-bond acceptors (Lipinski definition) is 5. The maximum absolute atomic E-state index is 5.89. The van der Waals surface area contributed by atoms with Crippen LogP contribution in [0.2, 0.25) is 0 Å². The summed E-state index contributed by atoms with van der Waals surface area (Å²) in [5.41, 5.74) is 0.0695. The molecule has 170 valence electrons. The van der Waals surface area contributed by atoms with E-state index < -0.39 is 0 Å². The molecule has 0 amide bonds. The molecule has 2 fully saturated rings. The van der Waals surface area contributed by atoms with Crippen molar-refractivity contribution in [3.05, 3.63) is 12.2 Å². The van der Waals surface area contributed by atoms with Gasteiger partial charge in [-0.05, 0) is 59.0 Å². The van der Waals surface area contributed by atoms with Gasteiger partial charge in [0.1, 0.15) is 12.2 Å². The number of aromatic nitrogens is 3. The summed E-state index contributed by atoms with van der Waals surface area (Å²) in [6.45, 7) is 13.2. The summed E-state index contributed by atoms with van der Waals surface area (Å²) in [5, 5.41) is 15.2. The highest BCUT2D eigenvalue weighted by Crippen LogP contribution is 2.20. The highest BCUT2D eigenvalue weighted by Gasteiger charge is 2.27. The molecule has 2 N–H and O–H groups in total. The molecule has 30 heavy (non-hydrogen) atoms. The first-order chi connectivity index (χ1) is 14.6. The van der Waals surface area contributed by atoms with Crippen molar-refractivity contribution in [1.29, 1.82) is 0 Å². The third-order valence-corrected chi connectivity index (χ3v) is 6.26. The van der Waals surface area contributed by atoms with Gasteiger partial charge < -0.3 is 19.9 Å². The molecule has 0 saturated carbocycles. The molecule has 8 nitrogen and oxygen atoms in total. The van der Waals surface area contributed by atoms with Gasteiger partial charge in [-0.15, -0.1) is 10.2 Å². The van der Waals surface area contributed by atoms with Crippen molar-refractivity contribution >= 4 is 5.96 Å². The van der Waals surface area contributed by atoms with Crippen molar-refractivity contribution in [3.8, 4) is 0 Å². The first kappa shape index (κ1) is 23.0. The van der Waals surface area contributed by atoms with Gasteiger partial charge in [0, 0.05) is 38.2 Å². The van der Waals surface area contributed by atoms with Gasteiger partial charge in [-0.3, -0.25) is 9.89 Å². The molecule has 1 aromatic heterocycles. The number of hydrogen-bond donors (Lipinski definition) is 2. The average Bonchev–Trinajstić information content (AvgIpc) is 3.24. The lowest BCUT2D eigenvalue weighted by Crippen LogP contribution is -2.50. The highest BCUT2D eigenvalue weighted by atomic mass is 16.5. The van der Waals surface area contributed by atoms with Crippen LogP contribution in [0.15, 0.2) is 11.3 Å². The third-order valence-electron chi connectivity index (χ3n) is 6.26. The number of likely N-dealkylation sites (tertiary alicyclic amines) is 1. The Morgan fingerprint density at radius 1 is 1.20 bits per heavy atom. The highest BCUT2D eigenvalue weighted by molar-refractivity contribution is 5.79. The molecule has 2 aliphatic heterocycles. The molecule has 1 atom stereocenters. The second-order valence-corrected chi connectivity index (χ2v) is 9.12. The summed E-state index contributed by atoms with van der Waals surface area (Å²) in [6.07, 6.45) is 10.5. The van der Waals surface area contributed by atoms with Gasteiger partial charge in [-0.1, -0.05) is 13.3 Å². The molecule has 8 heteroatoms. The maximum atomic E-state index is 5.89. The Hall–Kier alpha value is -1.67. The average molecular weight is 420 g/mol. The third kappa shape index (κ3) is 6.94. The number of guanidine groups is 1. The standard InChI is InChI=1S/C22H41N7O/c1-4-20-27-26-18-28(20)14-11-23-21(24-16-19-10-6-9-15-30-19)25-17-22(2,3)29-12-7-5-8-13-29/h18-19H,4-17H2,1-3H3,(H2,23,24,25).